The number of nitrogens with zero attached hydrogens (tertiary/aromatic N) is 2. The SMILES string of the molecule is CC(C)(C)OC(=O)C1=CC=C2Cc3ccnnc3C=C2C=C1. The van der Waals surface area contributed by atoms with Gasteiger partial charge in [-0.15, -0.1) is 0 Å². The van der Waals surface area contributed by atoms with Gasteiger partial charge in [0.1, 0.15) is 5.60 Å². The Morgan fingerprint density at radius 1 is 1.23 bits per heavy atom. The molecule has 0 aromatic carbocycles. The number of aromatic nitrogens is 2. The Morgan fingerprint density at radius 2 is 2.05 bits per heavy atom. The van der Waals surface area contributed by atoms with Crippen LogP contribution in [0.1, 0.15) is 32.0 Å². The number of allylic oxidation sites excluding steroid dienone is 5. The standard InChI is InChI=1S/C18H18N2O2/c1-18(2,3)22-17(21)12-4-6-13-10-15-8-9-19-20-16(15)11-14(13)7-5-12/h4-9,11H,10H2,1-3H3. The van der Waals surface area contributed by atoms with E-state index in [0.717, 1.165) is 28.8 Å². The molecule has 0 radical (unpaired) electrons. The van der Waals surface area contributed by atoms with Crippen LogP contribution in [0, 0.1) is 0 Å². The highest BCUT2D eigenvalue weighted by molar-refractivity contribution is 5.93. The first kappa shape index (κ1) is 14.4. The molecular weight excluding hydrogens is 276 g/mol. The van der Waals surface area contributed by atoms with Crippen molar-refractivity contribution in [2.45, 2.75) is 32.8 Å². The lowest BCUT2D eigenvalue weighted by atomic mass is 9.91. The van der Waals surface area contributed by atoms with Gasteiger partial charge in [-0.2, -0.15) is 10.2 Å². The van der Waals surface area contributed by atoms with Gasteiger partial charge in [0.15, 0.2) is 0 Å². The minimum atomic E-state index is -0.497. The van der Waals surface area contributed by atoms with E-state index < -0.39 is 5.60 Å². The fourth-order valence-electron chi connectivity index (χ4n) is 2.40. The zero-order chi connectivity index (χ0) is 15.7. The Labute approximate surface area is 129 Å². The molecule has 0 saturated heterocycles. The van der Waals surface area contributed by atoms with Crippen molar-refractivity contribution in [2.75, 3.05) is 0 Å². The molecule has 0 aliphatic heterocycles. The molecule has 22 heavy (non-hydrogen) atoms. The van der Waals surface area contributed by atoms with Crippen molar-refractivity contribution < 1.29 is 9.53 Å². The molecule has 3 rings (SSSR count). The number of hydrogen-bond donors (Lipinski definition) is 0. The van der Waals surface area contributed by atoms with Crippen LogP contribution in [0.3, 0.4) is 0 Å². The van der Waals surface area contributed by atoms with Gasteiger partial charge in [0, 0.05) is 12.6 Å². The lowest BCUT2D eigenvalue weighted by Crippen LogP contribution is -2.24. The second-order valence-electron chi connectivity index (χ2n) is 6.37. The Hall–Kier alpha value is -2.49. The number of hydrogen-bond acceptors (Lipinski definition) is 4. The fraction of sp³-hybridized carbons (Fsp3) is 0.278. The Morgan fingerprint density at radius 3 is 2.82 bits per heavy atom. The highest BCUT2D eigenvalue weighted by Crippen LogP contribution is 2.29. The molecule has 2 aliphatic rings. The van der Waals surface area contributed by atoms with Gasteiger partial charge in [0.2, 0.25) is 0 Å². The Balaban J connectivity index is 1.90. The highest BCUT2D eigenvalue weighted by Gasteiger charge is 2.20. The third kappa shape index (κ3) is 3.06. The van der Waals surface area contributed by atoms with Crippen molar-refractivity contribution in [3.63, 3.8) is 0 Å². The van der Waals surface area contributed by atoms with Crippen LogP contribution in [-0.2, 0) is 16.0 Å². The summed E-state index contributed by atoms with van der Waals surface area (Å²) in [7, 11) is 0. The number of ether oxygens (including phenoxy) is 1. The summed E-state index contributed by atoms with van der Waals surface area (Å²) >= 11 is 0. The molecule has 1 heterocycles. The van der Waals surface area contributed by atoms with Crippen molar-refractivity contribution in [1.82, 2.24) is 10.2 Å². The summed E-state index contributed by atoms with van der Waals surface area (Å²) in [4.78, 5) is 12.2. The van der Waals surface area contributed by atoms with Gasteiger partial charge >= 0.3 is 5.97 Å². The van der Waals surface area contributed by atoms with Crippen LogP contribution >= 0.6 is 0 Å². The zero-order valence-corrected chi connectivity index (χ0v) is 13.0. The van der Waals surface area contributed by atoms with Crippen molar-refractivity contribution in [3.8, 4) is 0 Å². The summed E-state index contributed by atoms with van der Waals surface area (Å²) in [6, 6.07) is 1.98. The maximum Gasteiger partial charge on any atom is 0.338 e. The Kier molecular flexibility index (Phi) is 3.53. The van der Waals surface area contributed by atoms with Crippen LogP contribution in [-0.4, -0.2) is 21.8 Å². The van der Waals surface area contributed by atoms with E-state index >= 15 is 0 Å². The van der Waals surface area contributed by atoms with E-state index in [9.17, 15) is 4.79 Å². The van der Waals surface area contributed by atoms with Crippen LogP contribution in [0.5, 0.6) is 0 Å². The average Bonchev–Trinajstić information content (AvgIpc) is 2.65. The number of fused-ring (bicyclic) bond motifs is 2. The molecule has 0 saturated carbocycles. The van der Waals surface area contributed by atoms with Crippen molar-refractivity contribution in [2.24, 2.45) is 0 Å². The van der Waals surface area contributed by atoms with Gasteiger partial charge in [0.25, 0.3) is 0 Å². The summed E-state index contributed by atoms with van der Waals surface area (Å²) in [5, 5.41) is 8.06. The van der Waals surface area contributed by atoms with Crippen LogP contribution < -0.4 is 0 Å². The van der Waals surface area contributed by atoms with Crippen molar-refractivity contribution in [1.29, 1.82) is 0 Å². The maximum absolute atomic E-state index is 12.2. The number of rotatable bonds is 1. The first-order chi connectivity index (χ1) is 10.4. The van der Waals surface area contributed by atoms with Crippen LogP contribution in [0.2, 0.25) is 0 Å². The molecule has 4 nitrogen and oxygen atoms in total. The summed E-state index contributed by atoms with van der Waals surface area (Å²) in [5.41, 5.74) is 4.31. The first-order valence-electron chi connectivity index (χ1n) is 7.27. The van der Waals surface area contributed by atoms with Gasteiger partial charge in [-0.25, -0.2) is 4.79 Å². The van der Waals surface area contributed by atoms with Gasteiger partial charge in [-0.1, -0.05) is 12.2 Å². The van der Waals surface area contributed by atoms with Gasteiger partial charge in [-0.05, 0) is 61.8 Å². The first-order valence-corrected chi connectivity index (χ1v) is 7.27. The van der Waals surface area contributed by atoms with Crippen LogP contribution in [0.4, 0.5) is 0 Å². The van der Waals surface area contributed by atoms with Gasteiger partial charge in [-0.3, -0.25) is 0 Å². The monoisotopic (exact) mass is 294 g/mol. The summed E-state index contributed by atoms with van der Waals surface area (Å²) < 4.78 is 5.42. The van der Waals surface area contributed by atoms with E-state index in [1.54, 1.807) is 12.3 Å². The van der Waals surface area contributed by atoms with E-state index in [0.29, 0.717) is 5.57 Å². The van der Waals surface area contributed by atoms with Crippen LogP contribution in [0.15, 0.2) is 53.3 Å². The third-order valence-corrected chi connectivity index (χ3v) is 3.42. The third-order valence-electron chi connectivity index (χ3n) is 3.42. The van der Waals surface area contributed by atoms with Crippen molar-refractivity contribution >= 4 is 12.0 Å². The molecule has 112 valence electrons. The summed E-state index contributed by atoms with van der Waals surface area (Å²) in [6.45, 7) is 5.59. The second-order valence-corrected chi connectivity index (χ2v) is 6.37. The van der Waals surface area contributed by atoms with E-state index in [1.807, 2.05) is 51.1 Å². The molecule has 2 aliphatic carbocycles. The minimum Gasteiger partial charge on any atom is -0.456 e. The highest BCUT2D eigenvalue weighted by atomic mass is 16.6. The molecule has 0 spiro atoms. The lowest BCUT2D eigenvalue weighted by Gasteiger charge is -2.19. The number of esters is 1. The molecule has 0 amide bonds. The Bertz CT molecular complexity index is 747. The molecule has 1 aromatic rings. The van der Waals surface area contributed by atoms with Gasteiger partial charge < -0.3 is 4.74 Å². The maximum atomic E-state index is 12.2. The topological polar surface area (TPSA) is 52.1 Å². The van der Waals surface area contributed by atoms with E-state index in [-0.39, 0.29) is 5.97 Å². The van der Waals surface area contributed by atoms with E-state index in [2.05, 4.69) is 10.2 Å². The summed E-state index contributed by atoms with van der Waals surface area (Å²) in [6.07, 6.45) is 12.0. The molecule has 0 N–H and O–H groups in total. The molecule has 4 heteroatoms. The van der Waals surface area contributed by atoms with E-state index in [4.69, 9.17) is 4.74 Å². The predicted molar refractivity (Wildman–Crippen MR) is 84.9 cm³/mol. The zero-order valence-electron chi connectivity index (χ0n) is 13.0. The summed E-state index contributed by atoms with van der Waals surface area (Å²) in [5.74, 6) is -0.308. The molecule has 0 fully saturated rings. The molecule has 0 unspecified atom stereocenters. The van der Waals surface area contributed by atoms with E-state index in [1.165, 1.54) is 0 Å². The molecular formula is C18H18N2O2. The smallest absolute Gasteiger partial charge is 0.338 e. The van der Waals surface area contributed by atoms with Crippen molar-refractivity contribution in [3.05, 3.63) is 64.5 Å². The average molecular weight is 294 g/mol. The fourth-order valence-corrected chi connectivity index (χ4v) is 2.40. The van der Waals surface area contributed by atoms with Gasteiger partial charge in [0.05, 0.1) is 11.3 Å². The minimum absolute atomic E-state index is 0.308. The lowest BCUT2D eigenvalue weighted by molar-refractivity contribution is -0.149. The molecule has 0 bridgehead atoms. The number of carbonyl (C=O) groups excluding carboxylic acids is 1. The second kappa shape index (κ2) is 5.37. The largest absolute Gasteiger partial charge is 0.456 e. The number of carbonyl (C=O) groups is 1. The predicted octanol–water partition coefficient (Wildman–Crippen LogP) is 3.18. The molecule has 1 aromatic heterocycles. The normalized spacial score (nSPS) is 16.6. The van der Waals surface area contributed by atoms with Crippen LogP contribution in [0.25, 0.3) is 6.08 Å². The molecule has 0 atom stereocenters. The quantitative estimate of drug-likeness (QED) is 0.746.